The molecule has 19 heavy (non-hydrogen) atoms. The van der Waals surface area contributed by atoms with Crippen LogP contribution >= 0.6 is 0 Å². The molecule has 0 atom stereocenters. The van der Waals surface area contributed by atoms with E-state index in [1.807, 2.05) is 0 Å². The summed E-state index contributed by atoms with van der Waals surface area (Å²) in [5.41, 5.74) is 5.49. The molecule has 0 aliphatic heterocycles. The van der Waals surface area contributed by atoms with Gasteiger partial charge in [-0.25, -0.2) is 0 Å². The third-order valence-corrected chi connectivity index (χ3v) is 5.10. The van der Waals surface area contributed by atoms with E-state index in [9.17, 15) is 0 Å². The van der Waals surface area contributed by atoms with Crippen molar-refractivity contribution in [3.8, 4) is 6.01 Å². The third kappa shape index (κ3) is 2.04. The minimum absolute atomic E-state index is 0.00138. The fraction of sp³-hybridized carbons (Fsp3) is 0.857. The van der Waals surface area contributed by atoms with Crippen LogP contribution in [0.2, 0.25) is 0 Å². The first kappa shape index (κ1) is 11.7. The number of aromatic nitrogens is 2. The SMILES string of the molecule is NCCc1nc(OC23CC4CC(CC(C4)C2)C3)no1. The normalized spacial score (nSPS) is 39.7. The van der Waals surface area contributed by atoms with Crippen molar-refractivity contribution in [1.29, 1.82) is 0 Å². The summed E-state index contributed by atoms with van der Waals surface area (Å²) in [5, 5.41) is 3.95. The molecule has 1 heterocycles. The summed E-state index contributed by atoms with van der Waals surface area (Å²) in [5.74, 6) is 3.17. The minimum Gasteiger partial charge on any atom is -0.455 e. The average molecular weight is 263 g/mol. The van der Waals surface area contributed by atoms with Gasteiger partial charge < -0.3 is 15.0 Å². The first-order valence-corrected chi connectivity index (χ1v) is 7.46. The van der Waals surface area contributed by atoms with Crippen LogP contribution in [0.1, 0.15) is 44.4 Å². The van der Waals surface area contributed by atoms with E-state index in [2.05, 4.69) is 10.1 Å². The van der Waals surface area contributed by atoms with E-state index in [1.54, 1.807) is 0 Å². The molecule has 4 aliphatic carbocycles. The van der Waals surface area contributed by atoms with Gasteiger partial charge in [0.2, 0.25) is 5.89 Å². The predicted octanol–water partition coefficient (Wildman–Crippen LogP) is 1.92. The molecule has 2 N–H and O–H groups in total. The van der Waals surface area contributed by atoms with E-state index in [0.717, 1.165) is 17.8 Å². The Kier molecular flexibility index (Phi) is 2.59. The number of ether oxygens (including phenoxy) is 1. The van der Waals surface area contributed by atoms with Gasteiger partial charge in [0.05, 0.1) is 0 Å². The smallest absolute Gasteiger partial charge is 0.354 e. The second kappa shape index (κ2) is 4.20. The van der Waals surface area contributed by atoms with Gasteiger partial charge in [0.15, 0.2) is 0 Å². The number of nitrogens with zero attached hydrogens (tertiary/aromatic N) is 2. The molecule has 0 unspecified atom stereocenters. The van der Waals surface area contributed by atoms with Gasteiger partial charge in [-0.05, 0) is 61.4 Å². The fourth-order valence-electron chi connectivity index (χ4n) is 4.86. The molecular formula is C14H21N3O2. The van der Waals surface area contributed by atoms with Gasteiger partial charge in [0.25, 0.3) is 0 Å². The van der Waals surface area contributed by atoms with Crippen LogP contribution in [-0.4, -0.2) is 22.3 Å². The average Bonchev–Trinajstić information content (AvgIpc) is 2.74. The Morgan fingerprint density at radius 1 is 1.16 bits per heavy atom. The van der Waals surface area contributed by atoms with Gasteiger partial charge in [-0.1, -0.05) is 0 Å². The van der Waals surface area contributed by atoms with E-state index in [0.29, 0.717) is 24.9 Å². The summed E-state index contributed by atoms with van der Waals surface area (Å²) in [6, 6.07) is 0.422. The monoisotopic (exact) mass is 263 g/mol. The van der Waals surface area contributed by atoms with Crippen molar-refractivity contribution < 1.29 is 9.26 Å². The molecule has 104 valence electrons. The van der Waals surface area contributed by atoms with E-state index in [-0.39, 0.29) is 5.60 Å². The van der Waals surface area contributed by atoms with Crippen molar-refractivity contribution >= 4 is 0 Å². The van der Waals surface area contributed by atoms with Gasteiger partial charge in [-0.15, -0.1) is 0 Å². The topological polar surface area (TPSA) is 74.2 Å². The second-order valence-corrected chi connectivity index (χ2v) is 6.71. The number of nitrogens with two attached hydrogens (primary N) is 1. The largest absolute Gasteiger partial charge is 0.455 e. The molecule has 0 amide bonds. The van der Waals surface area contributed by atoms with Crippen LogP contribution in [0.5, 0.6) is 6.01 Å². The number of hydrogen-bond donors (Lipinski definition) is 1. The van der Waals surface area contributed by atoms with Crippen LogP contribution in [0.25, 0.3) is 0 Å². The molecule has 4 bridgehead atoms. The van der Waals surface area contributed by atoms with Crippen molar-refractivity contribution in [3.05, 3.63) is 5.89 Å². The van der Waals surface area contributed by atoms with Gasteiger partial charge in [0, 0.05) is 13.0 Å². The molecule has 5 heteroatoms. The first-order chi connectivity index (χ1) is 9.25. The summed E-state index contributed by atoms with van der Waals surface area (Å²) in [4.78, 5) is 4.30. The Balaban J connectivity index is 1.52. The second-order valence-electron chi connectivity index (χ2n) is 6.71. The lowest BCUT2D eigenvalue weighted by Gasteiger charge is -2.55. The molecule has 5 nitrogen and oxygen atoms in total. The summed E-state index contributed by atoms with van der Waals surface area (Å²) < 4.78 is 11.3. The van der Waals surface area contributed by atoms with Crippen LogP contribution < -0.4 is 10.5 Å². The maximum atomic E-state index is 6.18. The van der Waals surface area contributed by atoms with Gasteiger partial charge in [-0.3, -0.25) is 0 Å². The Bertz CT molecular complexity index is 436. The summed E-state index contributed by atoms with van der Waals surface area (Å²) >= 11 is 0. The summed E-state index contributed by atoms with van der Waals surface area (Å²) in [6.07, 6.45) is 8.39. The van der Waals surface area contributed by atoms with E-state index < -0.39 is 0 Å². The maximum absolute atomic E-state index is 6.18. The highest BCUT2D eigenvalue weighted by molar-refractivity contribution is 5.07. The highest BCUT2D eigenvalue weighted by Gasteiger charge is 2.53. The van der Waals surface area contributed by atoms with E-state index >= 15 is 0 Å². The molecule has 0 radical (unpaired) electrons. The summed E-state index contributed by atoms with van der Waals surface area (Å²) in [7, 11) is 0. The molecule has 4 fully saturated rings. The zero-order valence-corrected chi connectivity index (χ0v) is 11.2. The standard InChI is InChI=1S/C14H21N3O2/c15-2-1-12-16-13(17-19-12)18-14-6-9-3-10(7-14)5-11(4-9)8-14/h9-11H,1-8,15H2. The van der Waals surface area contributed by atoms with Gasteiger partial charge in [-0.2, -0.15) is 4.98 Å². The summed E-state index contributed by atoms with van der Waals surface area (Å²) in [6.45, 7) is 0.527. The molecular weight excluding hydrogens is 242 g/mol. The van der Waals surface area contributed by atoms with Crippen molar-refractivity contribution in [2.45, 2.75) is 50.5 Å². The highest BCUT2D eigenvalue weighted by atomic mass is 16.6. The van der Waals surface area contributed by atoms with Crippen LogP contribution in [-0.2, 0) is 6.42 Å². The Labute approximate surface area is 112 Å². The highest BCUT2D eigenvalue weighted by Crippen LogP contribution is 2.56. The molecule has 1 aromatic heterocycles. The van der Waals surface area contributed by atoms with Crippen molar-refractivity contribution in [2.75, 3.05) is 6.54 Å². The number of rotatable bonds is 4. The molecule has 1 aromatic rings. The third-order valence-electron chi connectivity index (χ3n) is 5.10. The lowest BCUT2D eigenvalue weighted by atomic mass is 9.54. The zero-order valence-electron chi connectivity index (χ0n) is 11.2. The molecule has 0 saturated heterocycles. The molecule has 0 spiro atoms. The number of hydrogen-bond acceptors (Lipinski definition) is 5. The maximum Gasteiger partial charge on any atom is 0.354 e. The first-order valence-electron chi connectivity index (χ1n) is 7.46. The Hall–Kier alpha value is -1.10. The van der Waals surface area contributed by atoms with Gasteiger partial charge >= 0.3 is 6.01 Å². The molecule has 5 rings (SSSR count). The fourth-order valence-corrected chi connectivity index (χ4v) is 4.86. The van der Waals surface area contributed by atoms with E-state index in [4.69, 9.17) is 15.0 Å². The van der Waals surface area contributed by atoms with Crippen LogP contribution in [0.15, 0.2) is 4.52 Å². The van der Waals surface area contributed by atoms with Crippen molar-refractivity contribution in [1.82, 2.24) is 10.1 Å². The van der Waals surface area contributed by atoms with Crippen LogP contribution in [0.4, 0.5) is 0 Å². The van der Waals surface area contributed by atoms with Crippen molar-refractivity contribution in [3.63, 3.8) is 0 Å². The predicted molar refractivity (Wildman–Crippen MR) is 68.6 cm³/mol. The van der Waals surface area contributed by atoms with Gasteiger partial charge in [0.1, 0.15) is 5.60 Å². The van der Waals surface area contributed by atoms with Crippen LogP contribution in [0, 0.1) is 17.8 Å². The molecule has 0 aromatic carbocycles. The van der Waals surface area contributed by atoms with Crippen molar-refractivity contribution in [2.24, 2.45) is 23.5 Å². The quantitative estimate of drug-likeness (QED) is 0.898. The van der Waals surface area contributed by atoms with Crippen LogP contribution in [0.3, 0.4) is 0 Å². The minimum atomic E-state index is -0.00138. The zero-order chi connectivity index (χ0) is 12.9. The Morgan fingerprint density at radius 3 is 2.37 bits per heavy atom. The van der Waals surface area contributed by atoms with E-state index in [1.165, 1.54) is 38.5 Å². The molecule has 4 aliphatic rings. The lowest BCUT2D eigenvalue weighted by Crippen LogP contribution is -2.53. The lowest BCUT2D eigenvalue weighted by molar-refractivity contribution is -0.112. The Morgan fingerprint density at radius 2 is 1.79 bits per heavy atom. The molecule has 4 saturated carbocycles.